The van der Waals surface area contributed by atoms with E-state index in [-0.39, 0.29) is 36.7 Å². The van der Waals surface area contributed by atoms with Crippen LogP contribution >= 0.6 is 0 Å². The van der Waals surface area contributed by atoms with E-state index in [0.717, 1.165) is 24.3 Å². The predicted molar refractivity (Wildman–Crippen MR) is 111 cm³/mol. The smallest absolute Gasteiger partial charge is 0.319 e. The van der Waals surface area contributed by atoms with Gasteiger partial charge in [-0.3, -0.25) is 9.79 Å². The summed E-state index contributed by atoms with van der Waals surface area (Å²) in [5, 5.41) is 16.8. The van der Waals surface area contributed by atoms with Crippen molar-refractivity contribution in [1.29, 1.82) is 0 Å². The van der Waals surface area contributed by atoms with Crippen molar-refractivity contribution < 1.29 is 32.6 Å². The molecule has 1 saturated heterocycles. The van der Waals surface area contributed by atoms with Crippen molar-refractivity contribution in [2.75, 3.05) is 25.5 Å². The number of nitrogens with zero attached hydrogens (tertiary/aromatic N) is 1. The minimum absolute atomic E-state index is 0.00335. The largest absolute Gasteiger partial charge is 0.497 e. The molecule has 2 aromatic rings. The fourth-order valence-corrected chi connectivity index (χ4v) is 3.37. The van der Waals surface area contributed by atoms with Crippen LogP contribution in [0.3, 0.4) is 0 Å². The molecule has 2 unspecified atom stereocenters. The molecule has 11 heteroatoms. The normalized spacial score (nSPS) is 18.8. The summed E-state index contributed by atoms with van der Waals surface area (Å²) in [5.41, 5.74) is 0.0337. The topological polar surface area (TPSA) is 112 Å². The Morgan fingerprint density at radius 1 is 1.19 bits per heavy atom. The van der Waals surface area contributed by atoms with Gasteiger partial charge < -0.3 is 25.8 Å². The lowest BCUT2D eigenvalue weighted by Crippen LogP contribution is -2.45. The summed E-state index contributed by atoms with van der Waals surface area (Å²) < 4.78 is 47.3. The van der Waals surface area contributed by atoms with Crippen LogP contribution in [0.1, 0.15) is 17.9 Å². The van der Waals surface area contributed by atoms with Gasteiger partial charge in [0.15, 0.2) is 0 Å². The molecule has 170 valence electrons. The highest BCUT2D eigenvalue weighted by molar-refractivity contribution is 5.97. The Balaban J connectivity index is 1.86. The number of ether oxygens (including phenoxy) is 1. The van der Waals surface area contributed by atoms with Gasteiger partial charge >= 0.3 is 12.0 Å². The molecule has 0 bridgehead atoms. The first kappa shape index (κ1) is 22.9. The molecule has 32 heavy (non-hydrogen) atoms. The minimum Gasteiger partial charge on any atom is -0.497 e. The number of benzene rings is 2. The number of carbonyl (C=O) groups is 2. The molecule has 2 amide bonds. The van der Waals surface area contributed by atoms with Crippen molar-refractivity contribution in [1.82, 2.24) is 10.6 Å². The molecular formula is C21H21F3N4O4. The molecule has 1 aliphatic heterocycles. The summed E-state index contributed by atoms with van der Waals surface area (Å²) in [6.07, 6.45) is -0.254. The first-order chi connectivity index (χ1) is 15.3. The number of carboxylic acids is 1. The molecule has 0 aliphatic carbocycles. The zero-order valence-electron chi connectivity index (χ0n) is 17.0. The van der Waals surface area contributed by atoms with Crippen LogP contribution in [0, 0.1) is 17.5 Å². The van der Waals surface area contributed by atoms with E-state index in [9.17, 15) is 22.8 Å². The molecule has 8 nitrogen and oxygen atoms in total. The van der Waals surface area contributed by atoms with Gasteiger partial charge in [0, 0.05) is 35.8 Å². The summed E-state index contributed by atoms with van der Waals surface area (Å²) in [5.74, 6) is -3.92. The van der Waals surface area contributed by atoms with Crippen molar-refractivity contribution in [2.45, 2.75) is 18.4 Å². The van der Waals surface area contributed by atoms with Gasteiger partial charge in [-0.2, -0.15) is 0 Å². The van der Waals surface area contributed by atoms with E-state index in [1.807, 2.05) is 0 Å². The quantitative estimate of drug-likeness (QED) is 0.518. The lowest BCUT2D eigenvalue weighted by Gasteiger charge is -2.22. The number of urea groups is 1. The Morgan fingerprint density at radius 2 is 1.84 bits per heavy atom. The Morgan fingerprint density at radius 3 is 2.44 bits per heavy atom. The second kappa shape index (κ2) is 10.0. The van der Waals surface area contributed by atoms with Crippen molar-refractivity contribution >= 4 is 23.5 Å². The molecule has 2 aromatic carbocycles. The van der Waals surface area contributed by atoms with Gasteiger partial charge in [-0.25, -0.2) is 18.0 Å². The number of nitrogens with one attached hydrogen (secondary N) is 3. The Hall–Kier alpha value is -3.76. The summed E-state index contributed by atoms with van der Waals surface area (Å²) in [4.78, 5) is 27.5. The molecule has 1 aliphatic rings. The number of rotatable bonds is 7. The van der Waals surface area contributed by atoms with Crippen molar-refractivity contribution in [2.24, 2.45) is 4.99 Å². The third kappa shape index (κ3) is 5.48. The van der Waals surface area contributed by atoms with E-state index in [4.69, 9.17) is 9.84 Å². The van der Waals surface area contributed by atoms with Crippen molar-refractivity contribution in [3.8, 4) is 5.75 Å². The molecule has 1 heterocycles. The number of aliphatic carboxylic acids is 1. The minimum atomic E-state index is -1.06. The fraction of sp³-hybridized carbons (Fsp3) is 0.286. The summed E-state index contributed by atoms with van der Waals surface area (Å²) in [6.45, 7) is -0.0384. The summed E-state index contributed by atoms with van der Waals surface area (Å²) in [7, 11) is 1.28. The third-order valence-electron chi connectivity index (χ3n) is 4.86. The first-order valence-corrected chi connectivity index (χ1v) is 9.64. The number of halogens is 3. The van der Waals surface area contributed by atoms with Crippen LogP contribution in [0.5, 0.6) is 5.75 Å². The Bertz CT molecular complexity index is 1010. The maximum Gasteiger partial charge on any atom is 0.319 e. The number of methoxy groups -OCH3 is 1. The number of hydrogen-bond acceptors (Lipinski definition) is 4. The van der Waals surface area contributed by atoms with Crippen LogP contribution in [-0.4, -0.2) is 49.2 Å². The number of carboxylic acid groups (broad SMARTS) is 1. The average Bonchev–Trinajstić information content (AvgIpc) is 3.11. The number of amidine groups is 1. The van der Waals surface area contributed by atoms with Crippen LogP contribution in [0.4, 0.5) is 23.7 Å². The monoisotopic (exact) mass is 450 g/mol. The van der Waals surface area contributed by atoms with Gasteiger partial charge in [0.25, 0.3) is 0 Å². The van der Waals surface area contributed by atoms with Gasteiger partial charge in [0.1, 0.15) is 29.0 Å². The lowest BCUT2D eigenvalue weighted by molar-refractivity contribution is -0.136. The third-order valence-corrected chi connectivity index (χ3v) is 4.86. The highest BCUT2D eigenvalue weighted by Crippen LogP contribution is 2.31. The number of amides is 2. The standard InChI is InChI=1S/C21H21F3N4O4/c1-32-13-8-15(23)18(16(24)9-13)14-10-26-20(25-7-6-17(29)30)19(14)28-21(31)27-12-4-2-11(22)3-5-12/h2-5,8-9,14,19H,6-7,10H2,1H3,(H,25,26)(H,29,30)(H2,27,28,31). The molecule has 3 rings (SSSR count). The zero-order chi connectivity index (χ0) is 23.3. The fourth-order valence-electron chi connectivity index (χ4n) is 3.37. The number of aliphatic imine (C=N–C) groups is 1. The lowest BCUT2D eigenvalue weighted by atomic mass is 9.92. The molecule has 0 radical (unpaired) electrons. The number of anilines is 1. The van der Waals surface area contributed by atoms with Crippen LogP contribution in [0.2, 0.25) is 0 Å². The average molecular weight is 450 g/mol. The second-order valence-corrected chi connectivity index (χ2v) is 6.99. The Labute approximate surface area is 181 Å². The number of carbonyl (C=O) groups excluding carboxylic acids is 1. The van der Waals surface area contributed by atoms with Crippen molar-refractivity contribution in [3.05, 3.63) is 59.4 Å². The van der Waals surface area contributed by atoms with Gasteiger partial charge in [-0.1, -0.05) is 0 Å². The Kier molecular flexibility index (Phi) is 7.18. The first-order valence-electron chi connectivity index (χ1n) is 9.64. The van der Waals surface area contributed by atoms with Gasteiger partial charge in [0.2, 0.25) is 0 Å². The molecule has 0 aromatic heterocycles. The van der Waals surface area contributed by atoms with E-state index in [0.29, 0.717) is 5.69 Å². The number of hydrogen-bond donors (Lipinski definition) is 4. The highest BCUT2D eigenvalue weighted by atomic mass is 19.1. The van der Waals surface area contributed by atoms with Crippen LogP contribution in [0.25, 0.3) is 0 Å². The maximum atomic E-state index is 14.7. The molecule has 0 saturated carbocycles. The van der Waals surface area contributed by atoms with E-state index in [2.05, 4.69) is 20.9 Å². The maximum absolute atomic E-state index is 14.7. The zero-order valence-corrected chi connectivity index (χ0v) is 17.0. The van der Waals surface area contributed by atoms with Crippen LogP contribution < -0.4 is 20.7 Å². The van der Waals surface area contributed by atoms with E-state index in [1.165, 1.54) is 19.2 Å². The van der Waals surface area contributed by atoms with E-state index >= 15 is 0 Å². The predicted octanol–water partition coefficient (Wildman–Crippen LogP) is 2.86. The van der Waals surface area contributed by atoms with E-state index < -0.39 is 41.4 Å². The summed E-state index contributed by atoms with van der Waals surface area (Å²) >= 11 is 0. The van der Waals surface area contributed by atoms with Gasteiger partial charge in [-0.15, -0.1) is 0 Å². The molecule has 0 spiro atoms. The van der Waals surface area contributed by atoms with E-state index in [1.54, 1.807) is 0 Å². The molecular weight excluding hydrogens is 429 g/mol. The second-order valence-electron chi connectivity index (χ2n) is 6.99. The van der Waals surface area contributed by atoms with Gasteiger partial charge in [-0.05, 0) is 24.3 Å². The van der Waals surface area contributed by atoms with Gasteiger partial charge in [0.05, 0.1) is 26.1 Å². The molecule has 1 fully saturated rings. The molecule has 4 N–H and O–H groups in total. The summed E-state index contributed by atoms with van der Waals surface area (Å²) in [6, 6.07) is 5.42. The highest BCUT2D eigenvalue weighted by Gasteiger charge is 2.38. The SMILES string of the molecule is COc1cc(F)c(C2CN/C(=N\CCC(=O)O)C2NC(=O)Nc2ccc(F)cc2)c(F)c1. The van der Waals surface area contributed by atoms with Crippen LogP contribution in [0.15, 0.2) is 41.4 Å². The molecule has 2 atom stereocenters. The van der Waals surface area contributed by atoms with Crippen LogP contribution in [-0.2, 0) is 4.79 Å². The van der Waals surface area contributed by atoms with Crippen molar-refractivity contribution in [3.63, 3.8) is 0 Å².